The lowest BCUT2D eigenvalue weighted by Crippen LogP contribution is -2.13. The number of aromatic nitrogens is 2. The van der Waals surface area contributed by atoms with Crippen LogP contribution < -0.4 is 5.32 Å². The summed E-state index contributed by atoms with van der Waals surface area (Å²) in [6.07, 6.45) is 2.44. The molecule has 1 atom stereocenters. The lowest BCUT2D eigenvalue weighted by atomic mass is 10.1. The molecule has 0 fully saturated rings. The molecule has 0 aliphatic heterocycles. The molecule has 0 saturated carbocycles. The summed E-state index contributed by atoms with van der Waals surface area (Å²) in [6, 6.07) is 0. The molecule has 0 aromatic carbocycles. The van der Waals surface area contributed by atoms with Crippen LogP contribution in [0.2, 0.25) is 0 Å². The topological polar surface area (TPSA) is 37.8 Å². The molecule has 0 aliphatic carbocycles. The zero-order valence-corrected chi connectivity index (χ0v) is 8.84. The summed E-state index contributed by atoms with van der Waals surface area (Å²) in [7, 11) is 0. The third kappa shape index (κ3) is 2.65. The summed E-state index contributed by atoms with van der Waals surface area (Å²) in [4.78, 5) is 7.61. The first-order valence-corrected chi connectivity index (χ1v) is 4.86. The molecule has 0 amide bonds. The minimum atomic E-state index is -0.351. The predicted molar refractivity (Wildman–Crippen MR) is 54.7 cm³/mol. The van der Waals surface area contributed by atoms with E-state index in [0.717, 1.165) is 13.0 Å². The zero-order valence-electron chi connectivity index (χ0n) is 8.84. The van der Waals surface area contributed by atoms with Crippen LogP contribution in [0.25, 0.3) is 0 Å². The Labute approximate surface area is 83.8 Å². The van der Waals surface area contributed by atoms with E-state index >= 15 is 0 Å². The smallest absolute Gasteiger partial charge is 0.186 e. The molecule has 3 nitrogen and oxygen atoms in total. The lowest BCUT2D eigenvalue weighted by molar-refractivity contribution is 0.576. The van der Waals surface area contributed by atoms with Gasteiger partial charge in [-0.3, -0.25) is 0 Å². The third-order valence-electron chi connectivity index (χ3n) is 2.28. The molecule has 0 aliphatic rings. The highest BCUT2D eigenvalue weighted by molar-refractivity contribution is 5.36. The number of hydrogen-bond acceptors (Lipinski definition) is 3. The summed E-state index contributed by atoms with van der Waals surface area (Å²) in [5.74, 6) is 0.471. The van der Waals surface area contributed by atoms with E-state index in [9.17, 15) is 4.39 Å². The van der Waals surface area contributed by atoms with Gasteiger partial charge in [-0.15, -0.1) is 0 Å². The molecule has 14 heavy (non-hydrogen) atoms. The molecule has 4 heteroatoms. The van der Waals surface area contributed by atoms with Gasteiger partial charge < -0.3 is 5.32 Å². The van der Waals surface area contributed by atoms with Crippen molar-refractivity contribution in [2.24, 2.45) is 5.92 Å². The first-order valence-electron chi connectivity index (χ1n) is 4.86. The first kappa shape index (κ1) is 10.9. The monoisotopic (exact) mass is 197 g/mol. The minimum Gasteiger partial charge on any atom is -0.367 e. The van der Waals surface area contributed by atoms with Crippen LogP contribution in [0, 0.1) is 18.7 Å². The van der Waals surface area contributed by atoms with Crippen molar-refractivity contribution in [1.29, 1.82) is 0 Å². The van der Waals surface area contributed by atoms with Crippen LogP contribution in [0.5, 0.6) is 0 Å². The number of rotatable bonds is 4. The van der Waals surface area contributed by atoms with Crippen molar-refractivity contribution in [3.05, 3.63) is 17.8 Å². The van der Waals surface area contributed by atoms with Gasteiger partial charge in [-0.2, -0.15) is 0 Å². The molecule has 0 radical (unpaired) electrons. The maximum Gasteiger partial charge on any atom is 0.186 e. The Morgan fingerprint density at radius 1 is 1.50 bits per heavy atom. The van der Waals surface area contributed by atoms with Crippen LogP contribution in [0.15, 0.2) is 6.33 Å². The van der Waals surface area contributed by atoms with E-state index < -0.39 is 0 Å². The van der Waals surface area contributed by atoms with E-state index in [2.05, 4.69) is 29.1 Å². The zero-order chi connectivity index (χ0) is 10.6. The fraction of sp³-hybridized carbons (Fsp3) is 0.600. The summed E-state index contributed by atoms with van der Waals surface area (Å²) in [6.45, 7) is 6.59. The molecule has 0 bridgehead atoms. The van der Waals surface area contributed by atoms with Gasteiger partial charge in [0, 0.05) is 6.54 Å². The fourth-order valence-electron chi connectivity index (χ4n) is 0.996. The fourth-order valence-corrected chi connectivity index (χ4v) is 0.996. The van der Waals surface area contributed by atoms with Gasteiger partial charge in [0.15, 0.2) is 11.6 Å². The van der Waals surface area contributed by atoms with Crippen molar-refractivity contribution in [3.8, 4) is 0 Å². The number of nitrogens with zero attached hydrogens (tertiary/aromatic N) is 2. The van der Waals surface area contributed by atoms with Crippen LogP contribution in [-0.4, -0.2) is 16.5 Å². The number of halogens is 1. The van der Waals surface area contributed by atoms with Gasteiger partial charge >= 0.3 is 0 Å². The molecular formula is C10H16FN3. The Morgan fingerprint density at radius 2 is 2.21 bits per heavy atom. The number of hydrogen-bond donors (Lipinski definition) is 1. The summed E-state index contributed by atoms with van der Waals surface area (Å²) in [5.41, 5.74) is 0.381. The summed E-state index contributed by atoms with van der Waals surface area (Å²) >= 11 is 0. The first-order chi connectivity index (χ1) is 6.65. The van der Waals surface area contributed by atoms with Gasteiger partial charge in [0.25, 0.3) is 0 Å². The Hall–Kier alpha value is -1.19. The molecule has 0 spiro atoms. The lowest BCUT2D eigenvalue weighted by Gasteiger charge is -2.11. The van der Waals surface area contributed by atoms with E-state index in [0.29, 0.717) is 17.4 Å². The minimum absolute atomic E-state index is 0.304. The second kappa shape index (κ2) is 4.88. The molecule has 1 unspecified atom stereocenters. The van der Waals surface area contributed by atoms with E-state index in [1.165, 1.54) is 6.33 Å². The molecule has 1 heterocycles. The van der Waals surface area contributed by atoms with Crippen LogP contribution in [0.3, 0.4) is 0 Å². The Balaban J connectivity index is 2.63. The Kier molecular flexibility index (Phi) is 3.80. The van der Waals surface area contributed by atoms with Gasteiger partial charge in [0.1, 0.15) is 6.33 Å². The van der Waals surface area contributed by atoms with Gasteiger partial charge in [-0.1, -0.05) is 20.3 Å². The average Bonchev–Trinajstić information content (AvgIpc) is 2.20. The highest BCUT2D eigenvalue weighted by Gasteiger charge is 2.07. The molecule has 1 N–H and O–H groups in total. The molecule has 1 rings (SSSR count). The third-order valence-corrected chi connectivity index (χ3v) is 2.28. The highest BCUT2D eigenvalue weighted by Crippen LogP contribution is 2.12. The molecule has 0 saturated heterocycles. The number of nitrogens with one attached hydrogen (secondary N) is 1. The van der Waals surface area contributed by atoms with Crippen molar-refractivity contribution < 1.29 is 4.39 Å². The Morgan fingerprint density at radius 3 is 2.86 bits per heavy atom. The molecular weight excluding hydrogens is 181 g/mol. The van der Waals surface area contributed by atoms with Gasteiger partial charge in [0.2, 0.25) is 0 Å². The molecule has 1 aromatic heterocycles. The summed E-state index contributed by atoms with van der Waals surface area (Å²) in [5, 5.41) is 2.98. The van der Waals surface area contributed by atoms with Crippen molar-refractivity contribution in [2.75, 3.05) is 11.9 Å². The van der Waals surface area contributed by atoms with Gasteiger partial charge in [-0.25, -0.2) is 14.4 Å². The van der Waals surface area contributed by atoms with Crippen molar-refractivity contribution in [3.63, 3.8) is 0 Å². The van der Waals surface area contributed by atoms with E-state index in [1.807, 2.05) is 0 Å². The largest absolute Gasteiger partial charge is 0.367 e. The summed E-state index contributed by atoms with van der Waals surface area (Å²) < 4.78 is 13.4. The number of aryl methyl sites for hydroxylation is 1. The van der Waals surface area contributed by atoms with Crippen molar-refractivity contribution in [1.82, 2.24) is 9.97 Å². The molecule has 1 aromatic rings. The van der Waals surface area contributed by atoms with E-state index in [1.54, 1.807) is 6.92 Å². The number of anilines is 1. The SMILES string of the molecule is CCC(C)CNc1ncnc(C)c1F. The quantitative estimate of drug-likeness (QED) is 0.805. The average molecular weight is 197 g/mol. The predicted octanol–water partition coefficient (Wildman–Crippen LogP) is 2.38. The van der Waals surface area contributed by atoms with Gasteiger partial charge in [-0.05, 0) is 12.8 Å². The van der Waals surface area contributed by atoms with Crippen LogP contribution in [0.4, 0.5) is 10.2 Å². The molecule has 78 valence electrons. The second-order valence-electron chi connectivity index (χ2n) is 3.52. The highest BCUT2D eigenvalue weighted by atomic mass is 19.1. The Bertz CT molecular complexity index is 301. The van der Waals surface area contributed by atoms with Crippen molar-refractivity contribution in [2.45, 2.75) is 27.2 Å². The van der Waals surface area contributed by atoms with Crippen molar-refractivity contribution >= 4 is 5.82 Å². The van der Waals surface area contributed by atoms with Gasteiger partial charge in [0.05, 0.1) is 5.69 Å². The van der Waals surface area contributed by atoms with Crippen LogP contribution in [-0.2, 0) is 0 Å². The maximum absolute atomic E-state index is 13.4. The van der Waals surface area contributed by atoms with Crippen LogP contribution in [0.1, 0.15) is 26.0 Å². The maximum atomic E-state index is 13.4. The second-order valence-corrected chi connectivity index (χ2v) is 3.52. The van der Waals surface area contributed by atoms with E-state index in [4.69, 9.17) is 0 Å². The van der Waals surface area contributed by atoms with E-state index in [-0.39, 0.29) is 5.82 Å². The standard InChI is InChI=1S/C10H16FN3/c1-4-7(2)5-12-10-9(11)8(3)13-6-14-10/h6-7H,4-5H2,1-3H3,(H,12,13,14). The normalized spacial score (nSPS) is 12.6. The van der Waals surface area contributed by atoms with Crippen LogP contribution >= 0.6 is 0 Å².